The van der Waals surface area contributed by atoms with Gasteiger partial charge in [0.2, 0.25) is 0 Å². The van der Waals surface area contributed by atoms with E-state index in [4.69, 9.17) is 0 Å². The Hall–Kier alpha value is -0.300. The molecular weight excluding hydrogens is 124 g/mol. The normalized spacial score (nSPS) is 34.8. The first-order chi connectivity index (χ1) is 4.61. The lowest BCUT2D eigenvalue weighted by atomic mass is 9.84. The molecule has 0 amide bonds. The van der Waals surface area contributed by atoms with Gasteiger partial charge in [0, 0.05) is 0 Å². The summed E-state index contributed by atoms with van der Waals surface area (Å²) in [6.07, 6.45) is 1.86. The predicted octanol–water partition coefficient (Wildman–Crippen LogP) is 2.11. The highest BCUT2D eigenvalue weighted by Crippen LogP contribution is 2.28. The molecule has 1 N–H and O–H groups in total. The van der Waals surface area contributed by atoms with Gasteiger partial charge in [0.1, 0.15) is 0 Å². The lowest BCUT2D eigenvalue weighted by Crippen LogP contribution is -2.22. The first-order valence-corrected chi connectivity index (χ1v) is 3.94. The Morgan fingerprint density at radius 1 is 1.20 bits per heavy atom. The fourth-order valence-electron chi connectivity index (χ4n) is 1.48. The van der Waals surface area contributed by atoms with Crippen LogP contribution in [0, 0.1) is 5.92 Å². The van der Waals surface area contributed by atoms with Gasteiger partial charge in [-0.05, 0) is 32.6 Å². The first kappa shape index (κ1) is 7.80. The number of hydrogen-bond acceptors (Lipinski definition) is 1. The third kappa shape index (κ3) is 1.40. The zero-order valence-electron chi connectivity index (χ0n) is 7.02. The second kappa shape index (κ2) is 2.75. The molecular formula is C9H16O. The van der Waals surface area contributed by atoms with Crippen molar-refractivity contribution in [3.05, 3.63) is 11.1 Å². The van der Waals surface area contributed by atoms with Gasteiger partial charge in [-0.3, -0.25) is 0 Å². The van der Waals surface area contributed by atoms with E-state index in [9.17, 15) is 5.11 Å². The molecule has 1 aliphatic rings. The largest absolute Gasteiger partial charge is 0.393 e. The van der Waals surface area contributed by atoms with E-state index in [0.29, 0.717) is 5.92 Å². The highest BCUT2D eigenvalue weighted by Gasteiger charge is 2.20. The van der Waals surface area contributed by atoms with Gasteiger partial charge in [0.05, 0.1) is 6.10 Å². The Bertz CT molecular complexity index is 140. The van der Waals surface area contributed by atoms with Crippen molar-refractivity contribution in [2.75, 3.05) is 0 Å². The Kier molecular flexibility index (Phi) is 2.14. The molecule has 0 bridgehead atoms. The zero-order chi connectivity index (χ0) is 7.72. The van der Waals surface area contributed by atoms with E-state index in [2.05, 4.69) is 20.8 Å². The summed E-state index contributed by atoms with van der Waals surface area (Å²) >= 11 is 0. The van der Waals surface area contributed by atoms with E-state index in [0.717, 1.165) is 12.8 Å². The molecule has 0 radical (unpaired) electrons. The first-order valence-electron chi connectivity index (χ1n) is 3.94. The Balaban J connectivity index is 2.69. The van der Waals surface area contributed by atoms with E-state index in [1.165, 1.54) is 11.1 Å². The summed E-state index contributed by atoms with van der Waals surface area (Å²) in [4.78, 5) is 0. The van der Waals surface area contributed by atoms with Gasteiger partial charge >= 0.3 is 0 Å². The molecule has 0 aromatic rings. The molecule has 0 aromatic heterocycles. The predicted molar refractivity (Wildman–Crippen MR) is 42.8 cm³/mol. The number of aliphatic hydroxyl groups excluding tert-OH is 1. The lowest BCUT2D eigenvalue weighted by molar-refractivity contribution is 0.109. The third-order valence-electron chi connectivity index (χ3n) is 2.53. The highest BCUT2D eigenvalue weighted by molar-refractivity contribution is 5.15. The van der Waals surface area contributed by atoms with Crippen molar-refractivity contribution in [2.24, 2.45) is 5.92 Å². The van der Waals surface area contributed by atoms with Gasteiger partial charge in [-0.2, -0.15) is 0 Å². The van der Waals surface area contributed by atoms with E-state index >= 15 is 0 Å². The summed E-state index contributed by atoms with van der Waals surface area (Å²) in [6.45, 7) is 6.39. The van der Waals surface area contributed by atoms with Crippen molar-refractivity contribution < 1.29 is 5.11 Å². The Morgan fingerprint density at radius 3 is 2.20 bits per heavy atom. The van der Waals surface area contributed by atoms with Crippen molar-refractivity contribution in [1.82, 2.24) is 0 Å². The van der Waals surface area contributed by atoms with Crippen LogP contribution < -0.4 is 0 Å². The summed E-state index contributed by atoms with van der Waals surface area (Å²) in [7, 11) is 0. The van der Waals surface area contributed by atoms with Gasteiger partial charge in [-0.25, -0.2) is 0 Å². The lowest BCUT2D eigenvalue weighted by Gasteiger charge is -2.26. The molecule has 0 unspecified atom stereocenters. The van der Waals surface area contributed by atoms with Crippen LogP contribution in [-0.4, -0.2) is 11.2 Å². The van der Waals surface area contributed by atoms with Crippen LogP contribution >= 0.6 is 0 Å². The molecule has 0 saturated carbocycles. The molecule has 58 valence electrons. The van der Waals surface area contributed by atoms with Crippen molar-refractivity contribution >= 4 is 0 Å². The molecule has 0 spiro atoms. The second-order valence-corrected chi connectivity index (χ2v) is 3.51. The van der Waals surface area contributed by atoms with E-state index < -0.39 is 0 Å². The van der Waals surface area contributed by atoms with Crippen LogP contribution in [0.1, 0.15) is 33.6 Å². The Morgan fingerprint density at radius 2 is 1.70 bits per heavy atom. The SMILES string of the molecule is CC1=C(C)C[C@H](O)[C@@H](C)C1. The van der Waals surface area contributed by atoms with Gasteiger partial charge < -0.3 is 5.11 Å². The maximum absolute atomic E-state index is 9.43. The molecule has 2 atom stereocenters. The van der Waals surface area contributed by atoms with E-state index in [1.807, 2.05) is 0 Å². The minimum atomic E-state index is -0.0938. The topological polar surface area (TPSA) is 20.2 Å². The van der Waals surface area contributed by atoms with E-state index in [1.54, 1.807) is 0 Å². The monoisotopic (exact) mass is 140 g/mol. The summed E-state index contributed by atoms with van der Waals surface area (Å²) in [5, 5.41) is 9.43. The molecule has 1 heteroatoms. The maximum atomic E-state index is 9.43. The molecule has 1 aliphatic carbocycles. The van der Waals surface area contributed by atoms with Crippen molar-refractivity contribution in [1.29, 1.82) is 0 Å². The van der Waals surface area contributed by atoms with Crippen LogP contribution in [-0.2, 0) is 0 Å². The van der Waals surface area contributed by atoms with Crippen LogP contribution in [0.25, 0.3) is 0 Å². The molecule has 0 heterocycles. The summed E-state index contributed by atoms with van der Waals surface area (Å²) < 4.78 is 0. The smallest absolute Gasteiger partial charge is 0.0605 e. The average Bonchev–Trinajstić information content (AvgIpc) is 1.84. The average molecular weight is 140 g/mol. The van der Waals surface area contributed by atoms with Gasteiger partial charge in [-0.1, -0.05) is 18.1 Å². The standard InChI is InChI=1S/C9H16O/c1-6-4-8(3)9(10)5-7(6)2/h8-10H,4-5H2,1-3H3/t8-,9-/m0/s1. The molecule has 0 aromatic carbocycles. The molecule has 1 rings (SSSR count). The maximum Gasteiger partial charge on any atom is 0.0605 e. The molecule has 0 saturated heterocycles. The number of aliphatic hydroxyl groups is 1. The highest BCUT2D eigenvalue weighted by atomic mass is 16.3. The van der Waals surface area contributed by atoms with Crippen LogP contribution in [0.4, 0.5) is 0 Å². The van der Waals surface area contributed by atoms with Crippen LogP contribution in [0.3, 0.4) is 0 Å². The second-order valence-electron chi connectivity index (χ2n) is 3.51. The number of rotatable bonds is 0. The van der Waals surface area contributed by atoms with Gasteiger partial charge in [0.15, 0.2) is 0 Å². The summed E-state index contributed by atoms with van der Waals surface area (Å²) in [5.74, 6) is 0.462. The molecule has 1 nitrogen and oxygen atoms in total. The summed E-state index contributed by atoms with van der Waals surface area (Å²) in [6, 6.07) is 0. The fraction of sp³-hybridized carbons (Fsp3) is 0.778. The van der Waals surface area contributed by atoms with E-state index in [-0.39, 0.29) is 6.10 Å². The van der Waals surface area contributed by atoms with Crippen molar-refractivity contribution in [3.63, 3.8) is 0 Å². The minimum Gasteiger partial charge on any atom is -0.393 e. The summed E-state index contributed by atoms with van der Waals surface area (Å²) in [5.41, 5.74) is 2.85. The van der Waals surface area contributed by atoms with Crippen molar-refractivity contribution in [3.8, 4) is 0 Å². The minimum absolute atomic E-state index is 0.0938. The zero-order valence-corrected chi connectivity index (χ0v) is 7.02. The van der Waals surface area contributed by atoms with Gasteiger partial charge in [0.25, 0.3) is 0 Å². The molecule has 10 heavy (non-hydrogen) atoms. The van der Waals surface area contributed by atoms with Crippen LogP contribution in [0.2, 0.25) is 0 Å². The van der Waals surface area contributed by atoms with Crippen LogP contribution in [0.5, 0.6) is 0 Å². The fourth-order valence-corrected chi connectivity index (χ4v) is 1.48. The van der Waals surface area contributed by atoms with Gasteiger partial charge in [-0.15, -0.1) is 0 Å². The molecule has 0 fully saturated rings. The van der Waals surface area contributed by atoms with Crippen molar-refractivity contribution in [2.45, 2.75) is 39.7 Å². The van der Waals surface area contributed by atoms with Crippen LogP contribution in [0.15, 0.2) is 11.1 Å². The molecule has 0 aliphatic heterocycles. The Labute approximate surface area is 62.8 Å². The number of hydrogen-bond donors (Lipinski definition) is 1. The number of allylic oxidation sites excluding steroid dienone is 1. The quantitative estimate of drug-likeness (QED) is 0.511. The third-order valence-corrected chi connectivity index (χ3v) is 2.53.